The topological polar surface area (TPSA) is 87.5 Å². The van der Waals surface area contributed by atoms with Crippen molar-refractivity contribution in [3.8, 4) is 11.6 Å². The molecule has 6 nitrogen and oxygen atoms in total. The summed E-state index contributed by atoms with van der Waals surface area (Å²) in [6.07, 6.45) is 0.407. The summed E-state index contributed by atoms with van der Waals surface area (Å²) < 4.78 is 1.04. The Morgan fingerprint density at radius 3 is 2.72 bits per heavy atom. The Morgan fingerprint density at radius 2 is 1.94 bits per heavy atom. The molecule has 0 fully saturated rings. The van der Waals surface area contributed by atoms with Crippen LogP contribution in [0.1, 0.15) is 22.1 Å². The van der Waals surface area contributed by atoms with Crippen LogP contribution in [-0.2, 0) is 0 Å². The van der Waals surface area contributed by atoms with E-state index in [2.05, 4.69) is 4.98 Å². The highest BCUT2D eigenvalue weighted by atomic mass is 35.5. The molecule has 5 rings (SSSR count). The Kier molecular flexibility index (Phi) is 5.50. The molecule has 9 heteroatoms. The van der Waals surface area contributed by atoms with Gasteiger partial charge in [-0.2, -0.15) is 0 Å². The predicted molar refractivity (Wildman–Crippen MR) is 130 cm³/mol. The number of halogens is 1. The Bertz CT molecular complexity index is 1460. The molecule has 4 aromatic rings. The summed E-state index contributed by atoms with van der Waals surface area (Å²) in [5, 5.41) is 13.5. The molecule has 1 aliphatic heterocycles. The first-order valence-corrected chi connectivity index (χ1v) is 11.9. The number of nitrogens with one attached hydrogen (secondary N) is 1. The Balaban J connectivity index is 1.73. The van der Waals surface area contributed by atoms with E-state index in [0.717, 1.165) is 14.3 Å². The standard InChI is InChI=1S/C23H16ClN3O3S2/c24-13-5-3-6-14(11-13)27-22(29)20(21(28)26-23(27)30)16-12-19(18-9-4-10-31-18)32-17-8-2-1-7-15(17)25-16/h1-11,19,29H,12H2,(H,26,28,30)/t19-/m1/s1. The molecule has 1 aliphatic rings. The smallest absolute Gasteiger partial charge is 0.335 e. The van der Waals surface area contributed by atoms with E-state index in [9.17, 15) is 14.7 Å². The highest BCUT2D eigenvalue weighted by Crippen LogP contribution is 2.46. The lowest BCUT2D eigenvalue weighted by molar-refractivity contribution is 0.429. The molecule has 0 unspecified atom stereocenters. The second-order valence-corrected chi connectivity index (χ2v) is 9.79. The molecule has 0 radical (unpaired) electrons. The monoisotopic (exact) mass is 481 g/mol. The number of nitrogens with zero attached hydrogens (tertiary/aromatic N) is 2. The minimum atomic E-state index is -0.752. The number of thiophene rings is 1. The number of rotatable bonds is 3. The lowest BCUT2D eigenvalue weighted by Gasteiger charge is -2.16. The van der Waals surface area contributed by atoms with Crippen molar-refractivity contribution in [3.63, 3.8) is 0 Å². The van der Waals surface area contributed by atoms with E-state index >= 15 is 0 Å². The van der Waals surface area contributed by atoms with Crippen LogP contribution in [0.25, 0.3) is 5.69 Å². The molecule has 0 spiro atoms. The van der Waals surface area contributed by atoms with E-state index < -0.39 is 17.1 Å². The third-order valence-corrected chi connectivity index (χ3v) is 7.74. The molecule has 1 atom stereocenters. The summed E-state index contributed by atoms with van der Waals surface area (Å²) in [5.74, 6) is -0.464. The maximum Gasteiger partial charge on any atom is 0.335 e. The second-order valence-electron chi connectivity index (χ2n) is 7.13. The number of thioether (sulfide) groups is 1. The second kappa shape index (κ2) is 8.46. The molecule has 0 aliphatic carbocycles. The number of aliphatic imine (C=N–C) groups is 1. The van der Waals surface area contributed by atoms with Crippen LogP contribution < -0.4 is 11.2 Å². The zero-order valence-electron chi connectivity index (χ0n) is 16.5. The Labute approximate surface area is 195 Å². The number of para-hydroxylation sites is 1. The van der Waals surface area contributed by atoms with Crippen molar-refractivity contribution in [3.05, 3.63) is 102 Å². The number of benzene rings is 2. The molecule has 160 valence electrons. The quantitative estimate of drug-likeness (QED) is 0.415. The van der Waals surface area contributed by atoms with Crippen molar-refractivity contribution in [1.82, 2.24) is 9.55 Å². The summed E-state index contributed by atoms with van der Waals surface area (Å²) in [5.41, 5.74) is 0.0112. The van der Waals surface area contributed by atoms with Crippen molar-refractivity contribution in [2.24, 2.45) is 4.99 Å². The van der Waals surface area contributed by atoms with Gasteiger partial charge in [-0.25, -0.2) is 9.36 Å². The van der Waals surface area contributed by atoms with Crippen LogP contribution in [0.2, 0.25) is 5.02 Å². The highest BCUT2D eigenvalue weighted by Gasteiger charge is 2.28. The molecule has 0 saturated heterocycles. The van der Waals surface area contributed by atoms with Gasteiger partial charge < -0.3 is 5.11 Å². The first-order chi connectivity index (χ1) is 15.5. The van der Waals surface area contributed by atoms with Gasteiger partial charge in [-0.15, -0.1) is 23.1 Å². The Hall–Kier alpha value is -3.07. The maximum atomic E-state index is 12.9. The first-order valence-electron chi connectivity index (χ1n) is 9.72. The third-order valence-electron chi connectivity index (χ3n) is 5.07. The normalized spacial score (nSPS) is 15.7. The van der Waals surface area contributed by atoms with Crippen LogP contribution in [0.4, 0.5) is 5.69 Å². The summed E-state index contributed by atoms with van der Waals surface area (Å²) >= 11 is 9.38. The van der Waals surface area contributed by atoms with E-state index in [1.54, 1.807) is 47.4 Å². The lowest BCUT2D eigenvalue weighted by Crippen LogP contribution is -2.33. The van der Waals surface area contributed by atoms with Gasteiger partial charge in [0.05, 0.1) is 17.1 Å². The number of aromatic nitrogens is 2. The van der Waals surface area contributed by atoms with E-state index in [1.807, 2.05) is 41.8 Å². The summed E-state index contributed by atoms with van der Waals surface area (Å²) in [4.78, 5) is 34.7. The van der Waals surface area contributed by atoms with E-state index in [-0.39, 0.29) is 10.8 Å². The van der Waals surface area contributed by atoms with Gasteiger partial charge in [-0.05, 0) is 41.8 Å². The van der Waals surface area contributed by atoms with Crippen LogP contribution in [-0.4, -0.2) is 20.4 Å². The molecule has 2 N–H and O–H groups in total. The molecule has 32 heavy (non-hydrogen) atoms. The van der Waals surface area contributed by atoms with Crippen LogP contribution in [0.3, 0.4) is 0 Å². The third kappa shape index (κ3) is 3.81. The molecular formula is C23H16ClN3O3S2. The zero-order chi connectivity index (χ0) is 22.2. The van der Waals surface area contributed by atoms with Gasteiger partial charge in [0.15, 0.2) is 0 Å². The number of aromatic amines is 1. The largest absolute Gasteiger partial charge is 0.493 e. The van der Waals surface area contributed by atoms with Gasteiger partial charge in [0.25, 0.3) is 5.56 Å². The van der Waals surface area contributed by atoms with Gasteiger partial charge in [-0.3, -0.25) is 14.8 Å². The van der Waals surface area contributed by atoms with Crippen molar-refractivity contribution >= 4 is 46.1 Å². The number of fused-ring (bicyclic) bond motifs is 1. The number of hydrogen-bond donors (Lipinski definition) is 2. The minimum absolute atomic E-state index is 0.00254. The average Bonchev–Trinajstić information content (AvgIpc) is 3.22. The van der Waals surface area contributed by atoms with Crippen molar-refractivity contribution < 1.29 is 5.11 Å². The van der Waals surface area contributed by atoms with Crippen LogP contribution in [0, 0.1) is 0 Å². The first kappa shape index (κ1) is 20.8. The molecule has 0 bridgehead atoms. The molecule has 2 aromatic heterocycles. The summed E-state index contributed by atoms with van der Waals surface area (Å²) in [6, 6.07) is 18.2. The zero-order valence-corrected chi connectivity index (χ0v) is 18.9. The van der Waals surface area contributed by atoms with Gasteiger partial charge in [-0.1, -0.05) is 35.9 Å². The molecule has 0 amide bonds. The van der Waals surface area contributed by atoms with E-state index in [0.29, 0.717) is 28.5 Å². The Morgan fingerprint density at radius 1 is 1.09 bits per heavy atom. The van der Waals surface area contributed by atoms with Crippen molar-refractivity contribution in [1.29, 1.82) is 0 Å². The predicted octanol–water partition coefficient (Wildman–Crippen LogP) is 5.30. The molecule has 0 saturated carbocycles. The highest BCUT2D eigenvalue weighted by molar-refractivity contribution is 7.99. The average molecular weight is 482 g/mol. The maximum absolute atomic E-state index is 12.9. The van der Waals surface area contributed by atoms with Crippen molar-refractivity contribution in [2.45, 2.75) is 16.6 Å². The van der Waals surface area contributed by atoms with E-state index in [1.165, 1.54) is 0 Å². The van der Waals surface area contributed by atoms with Crippen LogP contribution >= 0.6 is 34.7 Å². The molecule has 2 aromatic carbocycles. The minimum Gasteiger partial charge on any atom is -0.493 e. The molecule has 3 heterocycles. The van der Waals surface area contributed by atoms with Gasteiger partial charge >= 0.3 is 5.69 Å². The number of hydrogen-bond acceptors (Lipinski definition) is 6. The van der Waals surface area contributed by atoms with Crippen LogP contribution in [0.15, 0.2) is 85.5 Å². The van der Waals surface area contributed by atoms with Gasteiger partial charge in [0.1, 0.15) is 5.56 Å². The fraction of sp³-hybridized carbons (Fsp3) is 0.0870. The fourth-order valence-corrected chi connectivity index (χ4v) is 5.98. The molecular weight excluding hydrogens is 466 g/mol. The van der Waals surface area contributed by atoms with Crippen molar-refractivity contribution in [2.75, 3.05) is 0 Å². The summed E-state index contributed by atoms with van der Waals surface area (Å²) in [7, 11) is 0. The van der Waals surface area contributed by atoms with Gasteiger partial charge in [0, 0.05) is 26.5 Å². The van der Waals surface area contributed by atoms with Gasteiger partial charge in [0.2, 0.25) is 5.88 Å². The number of aromatic hydroxyl groups is 1. The SMILES string of the molecule is O=c1[nH]c(=O)n(-c2cccc(Cl)c2)c(O)c1C1=Nc2ccccc2S[C@@H](c2cccs2)C1. The van der Waals surface area contributed by atoms with Crippen LogP contribution in [0.5, 0.6) is 5.88 Å². The van der Waals surface area contributed by atoms with E-state index in [4.69, 9.17) is 16.6 Å². The summed E-state index contributed by atoms with van der Waals surface area (Å²) in [6.45, 7) is 0. The lowest BCUT2D eigenvalue weighted by atomic mass is 10.1. The number of H-pyrrole nitrogens is 1. The fourth-order valence-electron chi connectivity index (χ4n) is 3.64.